The van der Waals surface area contributed by atoms with Crippen LogP contribution in [-0.4, -0.2) is 59.6 Å². The Labute approximate surface area is 140 Å². The molecule has 0 amide bonds. The van der Waals surface area contributed by atoms with Gasteiger partial charge in [-0.3, -0.25) is 0 Å². The topological polar surface area (TPSA) is 79.2 Å². The molecule has 0 bridgehead atoms. The molecule has 0 aromatic heterocycles. The van der Waals surface area contributed by atoms with Crippen LogP contribution in [0, 0.1) is 0 Å². The predicted molar refractivity (Wildman–Crippen MR) is 90.3 cm³/mol. The number of aliphatic hydroxyl groups is 3. The third-order valence-electron chi connectivity index (χ3n) is 4.17. The van der Waals surface area contributed by atoms with E-state index in [0.29, 0.717) is 6.61 Å². The third-order valence-corrected chi connectivity index (χ3v) is 4.17. The molecule has 1 heterocycles. The van der Waals surface area contributed by atoms with Crippen molar-refractivity contribution in [3.8, 4) is 0 Å². The van der Waals surface area contributed by atoms with Crippen LogP contribution in [0.2, 0.25) is 0 Å². The highest BCUT2D eigenvalue weighted by Gasteiger charge is 2.39. The second kappa shape index (κ2) is 12.9. The van der Waals surface area contributed by atoms with Gasteiger partial charge in [0.15, 0.2) is 0 Å². The maximum absolute atomic E-state index is 9.87. The Morgan fingerprint density at radius 2 is 1.78 bits per heavy atom. The van der Waals surface area contributed by atoms with Gasteiger partial charge in [-0.2, -0.15) is 0 Å². The second-order valence-electron chi connectivity index (χ2n) is 6.29. The summed E-state index contributed by atoms with van der Waals surface area (Å²) in [6, 6.07) is 0. The summed E-state index contributed by atoms with van der Waals surface area (Å²) >= 11 is 0. The number of aliphatic hydroxyl groups excluding tert-OH is 3. The van der Waals surface area contributed by atoms with Gasteiger partial charge in [0, 0.05) is 6.61 Å². The first-order chi connectivity index (χ1) is 11.2. The summed E-state index contributed by atoms with van der Waals surface area (Å²) in [6.45, 7) is 2.97. The lowest BCUT2D eigenvalue weighted by atomic mass is 10.1. The summed E-state index contributed by atoms with van der Waals surface area (Å²) in [5, 5.41) is 28.9. The molecule has 0 aromatic rings. The van der Waals surface area contributed by atoms with E-state index < -0.39 is 24.4 Å². The molecule has 3 N–H and O–H groups in total. The third kappa shape index (κ3) is 8.82. The minimum absolute atomic E-state index is 0.0666. The number of unbranched alkanes of at least 4 members (excludes halogenated alkanes) is 6. The first kappa shape index (κ1) is 20.6. The molecule has 5 heteroatoms. The van der Waals surface area contributed by atoms with Gasteiger partial charge < -0.3 is 24.8 Å². The van der Waals surface area contributed by atoms with Gasteiger partial charge in [0.2, 0.25) is 0 Å². The molecule has 1 aliphatic heterocycles. The Bertz CT molecular complexity index is 308. The van der Waals surface area contributed by atoms with E-state index in [4.69, 9.17) is 9.47 Å². The molecule has 0 unspecified atom stereocenters. The minimum Gasteiger partial charge on any atom is -0.388 e. The van der Waals surface area contributed by atoms with E-state index in [1.807, 2.05) is 0 Å². The van der Waals surface area contributed by atoms with Crippen LogP contribution in [0.4, 0.5) is 0 Å². The molecule has 1 aliphatic rings. The Balaban J connectivity index is 1.87. The van der Waals surface area contributed by atoms with E-state index in [-0.39, 0.29) is 13.2 Å². The molecule has 0 spiro atoms. The summed E-state index contributed by atoms with van der Waals surface area (Å²) in [6.07, 6.45) is 10.4. The van der Waals surface area contributed by atoms with Crippen molar-refractivity contribution in [3.63, 3.8) is 0 Å². The van der Waals surface area contributed by atoms with Gasteiger partial charge in [0.1, 0.15) is 24.4 Å². The highest BCUT2D eigenvalue weighted by atomic mass is 16.5. The van der Waals surface area contributed by atoms with E-state index in [1.165, 1.54) is 32.1 Å². The monoisotopic (exact) mass is 330 g/mol. The Kier molecular flexibility index (Phi) is 11.5. The molecule has 0 aliphatic carbocycles. The molecule has 5 nitrogen and oxygen atoms in total. The van der Waals surface area contributed by atoms with Crippen LogP contribution in [0.15, 0.2) is 12.2 Å². The number of hydrogen-bond acceptors (Lipinski definition) is 5. The van der Waals surface area contributed by atoms with Crippen LogP contribution in [0.3, 0.4) is 0 Å². The van der Waals surface area contributed by atoms with Crippen LogP contribution < -0.4 is 0 Å². The number of rotatable bonds is 13. The quantitative estimate of drug-likeness (QED) is 0.356. The molecule has 1 rings (SSSR count). The molecule has 1 fully saturated rings. The normalized spacial score (nSPS) is 26.2. The van der Waals surface area contributed by atoms with Gasteiger partial charge >= 0.3 is 0 Å². The van der Waals surface area contributed by atoms with Crippen molar-refractivity contribution >= 4 is 0 Å². The predicted octanol–water partition coefficient (Wildman–Crippen LogP) is 2.18. The average Bonchev–Trinajstić information content (AvgIpc) is 2.88. The van der Waals surface area contributed by atoms with Gasteiger partial charge in [-0.25, -0.2) is 0 Å². The van der Waals surface area contributed by atoms with Crippen LogP contribution >= 0.6 is 0 Å². The largest absolute Gasteiger partial charge is 0.388 e. The van der Waals surface area contributed by atoms with Gasteiger partial charge in [-0.15, -0.1) is 0 Å². The van der Waals surface area contributed by atoms with Crippen molar-refractivity contribution in [2.45, 2.75) is 82.7 Å². The Morgan fingerprint density at radius 1 is 1.09 bits per heavy atom. The summed E-state index contributed by atoms with van der Waals surface area (Å²) < 4.78 is 10.6. The van der Waals surface area contributed by atoms with Crippen molar-refractivity contribution < 1.29 is 24.8 Å². The van der Waals surface area contributed by atoms with Gasteiger partial charge in [0.05, 0.1) is 13.2 Å². The fraction of sp³-hybridized carbons (Fsp3) is 0.889. The van der Waals surface area contributed by atoms with E-state index >= 15 is 0 Å². The summed E-state index contributed by atoms with van der Waals surface area (Å²) in [4.78, 5) is 0. The first-order valence-electron chi connectivity index (χ1n) is 9.05. The van der Waals surface area contributed by atoms with Gasteiger partial charge in [-0.1, -0.05) is 44.8 Å². The van der Waals surface area contributed by atoms with Crippen LogP contribution in [0.1, 0.15) is 58.3 Å². The summed E-state index contributed by atoms with van der Waals surface area (Å²) in [5.41, 5.74) is 0. The number of allylic oxidation sites excluding steroid dienone is 2. The van der Waals surface area contributed by atoms with E-state index in [2.05, 4.69) is 19.1 Å². The lowest BCUT2D eigenvalue weighted by molar-refractivity contribution is -0.0813. The van der Waals surface area contributed by atoms with E-state index in [9.17, 15) is 15.3 Å². The maximum Gasteiger partial charge on any atom is 0.114 e. The van der Waals surface area contributed by atoms with Crippen molar-refractivity contribution in [1.82, 2.24) is 0 Å². The van der Waals surface area contributed by atoms with E-state index in [0.717, 1.165) is 19.3 Å². The summed E-state index contributed by atoms with van der Waals surface area (Å²) in [7, 11) is 0. The Morgan fingerprint density at radius 3 is 2.43 bits per heavy atom. The van der Waals surface area contributed by atoms with Crippen LogP contribution in [0.5, 0.6) is 0 Å². The lowest BCUT2D eigenvalue weighted by Gasteiger charge is -2.20. The molecule has 4 atom stereocenters. The van der Waals surface area contributed by atoms with Crippen molar-refractivity contribution in [2.75, 3.05) is 19.8 Å². The number of hydrogen-bond donors (Lipinski definition) is 3. The SMILES string of the molecule is CC/C=C/CCCCCCCCOC[C@@H](O)[C@H]1OC[C@H](O)[C@H]1O. The van der Waals surface area contributed by atoms with Crippen molar-refractivity contribution in [2.24, 2.45) is 0 Å². The fourth-order valence-electron chi connectivity index (χ4n) is 2.72. The van der Waals surface area contributed by atoms with Crippen molar-refractivity contribution in [1.29, 1.82) is 0 Å². The van der Waals surface area contributed by atoms with Crippen LogP contribution in [0.25, 0.3) is 0 Å². The van der Waals surface area contributed by atoms with Crippen LogP contribution in [-0.2, 0) is 9.47 Å². The zero-order valence-electron chi connectivity index (χ0n) is 14.4. The van der Waals surface area contributed by atoms with Gasteiger partial charge in [-0.05, 0) is 25.7 Å². The number of ether oxygens (including phenoxy) is 2. The fourth-order valence-corrected chi connectivity index (χ4v) is 2.72. The molecule has 0 aromatic carbocycles. The van der Waals surface area contributed by atoms with Gasteiger partial charge in [0.25, 0.3) is 0 Å². The molecular weight excluding hydrogens is 296 g/mol. The molecule has 23 heavy (non-hydrogen) atoms. The molecule has 0 saturated carbocycles. The zero-order valence-corrected chi connectivity index (χ0v) is 14.4. The standard InChI is InChI=1S/C18H34O5/c1-2-3-4-5-6-7-8-9-10-11-12-22-13-16(20)18-17(21)15(19)14-23-18/h3-4,15-21H,2,5-14H2,1H3/b4-3+/t15-,16+,17+,18+/m0/s1. The highest BCUT2D eigenvalue weighted by molar-refractivity contribution is 4.87. The minimum atomic E-state index is -1.03. The molecular formula is C18H34O5. The second-order valence-corrected chi connectivity index (χ2v) is 6.29. The highest BCUT2D eigenvalue weighted by Crippen LogP contribution is 2.18. The van der Waals surface area contributed by atoms with E-state index in [1.54, 1.807) is 0 Å². The smallest absolute Gasteiger partial charge is 0.114 e. The Hall–Kier alpha value is -0.460. The first-order valence-corrected chi connectivity index (χ1v) is 9.05. The zero-order chi connectivity index (χ0) is 16.9. The molecule has 1 saturated heterocycles. The summed E-state index contributed by atoms with van der Waals surface area (Å²) in [5.74, 6) is 0. The lowest BCUT2D eigenvalue weighted by Crippen LogP contribution is -2.40. The molecule has 136 valence electrons. The van der Waals surface area contributed by atoms with Crippen molar-refractivity contribution in [3.05, 3.63) is 12.2 Å². The average molecular weight is 330 g/mol. The molecule has 0 radical (unpaired) electrons. The maximum atomic E-state index is 9.87.